The third-order valence-electron chi connectivity index (χ3n) is 1.59. The number of nitrogen functional groups attached to an aromatic ring is 1. The van der Waals surface area contributed by atoms with Crippen molar-refractivity contribution in [1.29, 1.82) is 0 Å². The third-order valence-corrected chi connectivity index (χ3v) is 3.44. The Morgan fingerprint density at radius 1 is 1.62 bits per heavy atom. The highest BCUT2D eigenvalue weighted by atomic mass is 32.2. The van der Waals surface area contributed by atoms with Crippen LogP contribution < -0.4 is 5.73 Å². The lowest BCUT2D eigenvalue weighted by Gasteiger charge is -1.98. The zero-order valence-corrected chi connectivity index (χ0v) is 8.50. The molecule has 1 rings (SSSR count). The number of hydrogen-bond acceptors (Lipinski definition) is 4. The summed E-state index contributed by atoms with van der Waals surface area (Å²) in [5.41, 5.74) is 5.71. The van der Waals surface area contributed by atoms with Crippen molar-refractivity contribution in [3.8, 4) is 0 Å². The first kappa shape index (κ1) is 10.0. The first-order valence-electron chi connectivity index (χ1n) is 3.99. The van der Waals surface area contributed by atoms with Crippen molar-refractivity contribution >= 4 is 15.5 Å². The van der Waals surface area contributed by atoms with Crippen molar-refractivity contribution < 1.29 is 8.42 Å². The average molecular weight is 203 g/mol. The lowest BCUT2D eigenvalue weighted by Crippen LogP contribution is -2.09. The molecular formula is C7H13N3O2S. The highest BCUT2D eigenvalue weighted by molar-refractivity contribution is 7.91. The smallest absolute Gasteiger partial charge is 0.199 e. The van der Waals surface area contributed by atoms with Gasteiger partial charge in [-0.1, -0.05) is 6.92 Å². The molecule has 6 heteroatoms. The van der Waals surface area contributed by atoms with E-state index < -0.39 is 9.84 Å². The van der Waals surface area contributed by atoms with Gasteiger partial charge in [-0.15, -0.1) is 0 Å². The third kappa shape index (κ3) is 2.00. The van der Waals surface area contributed by atoms with E-state index in [4.69, 9.17) is 5.73 Å². The quantitative estimate of drug-likeness (QED) is 0.760. The molecule has 0 bridgehead atoms. The zero-order valence-electron chi connectivity index (χ0n) is 7.69. The van der Waals surface area contributed by atoms with Crippen molar-refractivity contribution in [3.05, 3.63) is 6.20 Å². The van der Waals surface area contributed by atoms with Gasteiger partial charge in [-0.2, -0.15) is 5.10 Å². The summed E-state index contributed by atoms with van der Waals surface area (Å²) in [6.45, 7) is 1.80. The van der Waals surface area contributed by atoms with Gasteiger partial charge in [0.2, 0.25) is 0 Å². The highest BCUT2D eigenvalue weighted by Gasteiger charge is 2.19. The van der Waals surface area contributed by atoms with Crippen LogP contribution >= 0.6 is 0 Å². The molecule has 0 unspecified atom stereocenters. The normalized spacial score (nSPS) is 11.8. The number of hydrogen-bond donors (Lipinski definition) is 1. The van der Waals surface area contributed by atoms with Crippen LogP contribution in [0.4, 0.5) is 5.69 Å². The van der Waals surface area contributed by atoms with Crippen molar-refractivity contribution in [1.82, 2.24) is 9.78 Å². The number of nitrogens with two attached hydrogens (primary N) is 1. The largest absolute Gasteiger partial charge is 0.395 e. The van der Waals surface area contributed by atoms with Crippen LogP contribution in [0.1, 0.15) is 13.3 Å². The second kappa shape index (κ2) is 3.37. The van der Waals surface area contributed by atoms with Crippen LogP contribution in [0.3, 0.4) is 0 Å². The predicted octanol–water partition coefficient (Wildman–Crippen LogP) is 0.186. The molecule has 0 radical (unpaired) electrons. The molecule has 0 saturated heterocycles. The molecule has 0 aromatic carbocycles. The lowest BCUT2D eigenvalue weighted by molar-refractivity contribution is 0.587. The highest BCUT2D eigenvalue weighted by Crippen LogP contribution is 2.16. The van der Waals surface area contributed by atoms with Crippen LogP contribution in [0.2, 0.25) is 0 Å². The van der Waals surface area contributed by atoms with Crippen molar-refractivity contribution in [2.24, 2.45) is 7.05 Å². The lowest BCUT2D eigenvalue weighted by atomic mass is 10.6. The summed E-state index contributed by atoms with van der Waals surface area (Å²) in [7, 11) is -1.64. The maximum absolute atomic E-state index is 11.5. The van der Waals surface area contributed by atoms with Crippen LogP contribution in [0.15, 0.2) is 11.2 Å². The summed E-state index contributed by atoms with van der Waals surface area (Å²) < 4.78 is 24.4. The summed E-state index contributed by atoms with van der Waals surface area (Å²) in [5, 5.41) is 3.80. The second-order valence-electron chi connectivity index (χ2n) is 2.88. The van der Waals surface area contributed by atoms with Crippen molar-refractivity contribution in [2.45, 2.75) is 18.4 Å². The average Bonchev–Trinajstić information content (AvgIpc) is 2.30. The predicted molar refractivity (Wildman–Crippen MR) is 50.0 cm³/mol. The Labute approximate surface area is 77.5 Å². The Bertz CT molecular complexity index is 394. The van der Waals surface area contributed by atoms with Gasteiger partial charge < -0.3 is 5.73 Å². The molecule has 2 N–H and O–H groups in total. The number of sulfone groups is 1. The molecule has 0 fully saturated rings. The Balaban J connectivity index is 3.14. The summed E-state index contributed by atoms with van der Waals surface area (Å²) in [6.07, 6.45) is 2.06. The number of aromatic nitrogens is 2. The zero-order chi connectivity index (χ0) is 10.1. The van der Waals surface area contributed by atoms with Gasteiger partial charge in [0.05, 0.1) is 11.4 Å². The van der Waals surface area contributed by atoms with Gasteiger partial charge in [-0.3, -0.25) is 4.68 Å². The van der Waals surface area contributed by atoms with Crippen LogP contribution in [0.5, 0.6) is 0 Å². The molecule has 1 aromatic rings. The fourth-order valence-electron chi connectivity index (χ4n) is 1.09. The van der Waals surface area contributed by atoms with E-state index in [9.17, 15) is 8.42 Å². The van der Waals surface area contributed by atoms with Gasteiger partial charge in [-0.25, -0.2) is 8.42 Å². The number of anilines is 1. The number of rotatable bonds is 3. The van der Waals surface area contributed by atoms with E-state index in [-0.39, 0.29) is 16.5 Å². The first-order chi connectivity index (χ1) is 5.97. The number of aryl methyl sites for hydroxylation is 1. The molecule has 1 heterocycles. The van der Waals surface area contributed by atoms with E-state index in [1.54, 1.807) is 14.0 Å². The van der Waals surface area contributed by atoms with Crippen LogP contribution in [0, 0.1) is 0 Å². The van der Waals surface area contributed by atoms with Gasteiger partial charge in [0.1, 0.15) is 0 Å². The van der Waals surface area contributed by atoms with E-state index >= 15 is 0 Å². The molecule has 0 saturated carbocycles. The van der Waals surface area contributed by atoms with E-state index in [1.165, 1.54) is 10.9 Å². The molecule has 0 aliphatic carbocycles. The van der Waals surface area contributed by atoms with Crippen LogP contribution in [-0.4, -0.2) is 24.0 Å². The van der Waals surface area contributed by atoms with Gasteiger partial charge in [0.15, 0.2) is 14.9 Å². The second-order valence-corrected chi connectivity index (χ2v) is 4.91. The Kier molecular flexibility index (Phi) is 2.60. The summed E-state index contributed by atoms with van der Waals surface area (Å²) in [5.74, 6) is 0.0915. The van der Waals surface area contributed by atoms with Crippen LogP contribution in [0.25, 0.3) is 0 Å². The van der Waals surface area contributed by atoms with Crippen molar-refractivity contribution in [2.75, 3.05) is 11.5 Å². The minimum Gasteiger partial charge on any atom is -0.395 e. The molecule has 5 nitrogen and oxygen atoms in total. The summed E-state index contributed by atoms with van der Waals surface area (Å²) >= 11 is 0. The molecule has 0 amide bonds. The van der Waals surface area contributed by atoms with Gasteiger partial charge >= 0.3 is 0 Å². The molecule has 0 spiro atoms. The topological polar surface area (TPSA) is 78.0 Å². The van der Waals surface area contributed by atoms with Crippen molar-refractivity contribution in [3.63, 3.8) is 0 Å². The SMILES string of the molecule is CCCS(=O)(=O)c1nn(C)cc1N. The maximum Gasteiger partial charge on any atom is 0.199 e. The van der Waals surface area contributed by atoms with E-state index in [2.05, 4.69) is 5.10 Å². The minimum atomic E-state index is -3.28. The Morgan fingerprint density at radius 2 is 2.23 bits per heavy atom. The molecular weight excluding hydrogens is 190 g/mol. The summed E-state index contributed by atoms with van der Waals surface area (Å²) in [6, 6.07) is 0. The molecule has 0 aliphatic heterocycles. The van der Waals surface area contributed by atoms with Crippen LogP contribution in [-0.2, 0) is 16.9 Å². The molecule has 13 heavy (non-hydrogen) atoms. The van der Waals surface area contributed by atoms with Gasteiger partial charge in [0, 0.05) is 13.2 Å². The Morgan fingerprint density at radius 3 is 2.62 bits per heavy atom. The fraction of sp³-hybridized carbons (Fsp3) is 0.571. The number of nitrogens with zero attached hydrogens (tertiary/aromatic N) is 2. The standard InChI is InChI=1S/C7H13N3O2S/c1-3-4-13(11,12)7-6(8)5-10(2)9-7/h5H,3-4,8H2,1-2H3. The fourth-order valence-corrected chi connectivity index (χ4v) is 2.49. The molecule has 74 valence electrons. The van der Waals surface area contributed by atoms with E-state index in [1.807, 2.05) is 0 Å². The van der Waals surface area contributed by atoms with E-state index in [0.717, 1.165) is 0 Å². The maximum atomic E-state index is 11.5. The molecule has 0 aliphatic rings. The minimum absolute atomic E-state index is 0.00292. The Hall–Kier alpha value is -1.04. The molecule has 1 aromatic heterocycles. The molecule has 0 atom stereocenters. The van der Waals surface area contributed by atoms with Gasteiger partial charge in [-0.05, 0) is 6.42 Å². The summed E-state index contributed by atoms with van der Waals surface area (Å²) in [4.78, 5) is 0. The van der Waals surface area contributed by atoms with Gasteiger partial charge in [0.25, 0.3) is 0 Å². The van der Waals surface area contributed by atoms with E-state index in [0.29, 0.717) is 6.42 Å². The first-order valence-corrected chi connectivity index (χ1v) is 5.64. The monoisotopic (exact) mass is 203 g/mol.